The fourth-order valence-electron chi connectivity index (χ4n) is 4.28. The number of hydrogen-bond donors (Lipinski definition) is 1. The number of hydrogen-bond acceptors (Lipinski definition) is 3. The topological polar surface area (TPSA) is 49.8 Å². The summed E-state index contributed by atoms with van der Waals surface area (Å²) in [6, 6.07) is 0. The maximum absolute atomic E-state index is 12.4. The second kappa shape index (κ2) is 6.66. The fourth-order valence-corrected chi connectivity index (χ4v) is 4.28. The van der Waals surface area contributed by atoms with Gasteiger partial charge in [-0.1, -0.05) is 12.8 Å². The summed E-state index contributed by atoms with van der Waals surface area (Å²) in [7, 11) is 0. The van der Waals surface area contributed by atoms with E-state index < -0.39 is 5.60 Å². The molecule has 3 atom stereocenters. The molecule has 120 valence electrons. The van der Waals surface area contributed by atoms with Crippen LogP contribution in [0.3, 0.4) is 0 Å². The Balaban J connectivity index is 1.47. The standard InChI is InChI=1S/C17H29NO3/c19-16(8-7-15-6-2-4-12-21-15)18-11-10-17(20)9-3-1-5-14(17)13-18/h14-15,20H,1-13H2. The Kier molecular flexibility index (Phi) is 4.85. The van der Waals surface area contributed by atoms with Gasteiger partial charge in [0.25, 0.3) is 0 Å². The Bertz CT molecular complexity index is 367. The molecule has 2 saturated heterocycles. The van der Waals surface area contributed by atoms with Gasteiger partial charge in [0.15, 0.2) is 0 Å². The van der Waals surface area contributed by atoms with Gasteiger partial charge in [-0.3, -0.25) is 4.79 Å². The van der Waals surface area contributed by atoms with Crippen molar-refractivity contribution in [2.45, 2.75) is 75.9 Å². The third-order valence-corrected chi connectivity index (χ3v) is 5.73. The van der Waals surface area contributed by atoms with Crippen molar-refractivity contribution >= 4 is 5.91 Å². The van der Waals surface area contributed by atoms with Gasteiger partial charge in [0.2, 0.25) is 5.91 Å². The molecule has 4 heteroatoms. The molecule has 0 aromatic carbocycles. The molecule has 3 fully saturated rings. The first-order valence-electron chi connectivity index (χ1n) is 8.79. The zero-order valence-corrected chi connectivity index (χ0v) is 13.1. The van der Waals surface area contributed by atoms with Crippen molar-refractivity contribution in [2.75, 3.05) is 19.7 Å². The molecule has 0 aromatic rings. The molecule has 4 nitrogen and oxygen atoms in total. The van der Waals surface area contributed by atoms with Crippen LogP contribution < -0.4 is 0 Å². The molecule has 3 aliphatic rings. The van der Waals surface area contributed by atoms with E-state index in [-0.39, 0.29) is 5.91 Å². The molecule has 0 aromatic heterocycles. The molecular weight excluding hydrogens is 266 g/mol. The second-order valence-corrected chi connectivity index (χ2v) is 7.16. The molecule has 2 heterocycles. The largest absolute Gasteiger partial charge is 0.389 e. The molecule has 3 unspecified atom stereocenters. The quantitative estimate of drug-likeness (QED) is 0.870. The van der Waals surface area contributed by atoms with Gasteiger partial charge in [-0.15, -0.1) is 0 Å². The Hall–Kier alpha value is -0.610. The molecule has 2 aliphatic heterocycles. The van der Waals surface area contributed by atoms with Crippen LogP contribution in [0, 0.1) is 5.92 Å². The lowest BCUT2D eigenvalue weighted by atomic mass is 9.71. The summed E-state index contributed by atoms with van der Waals surface area (Å²) in [5, 5.41) is 10.7. The van der Waals surface area contributed by atoms with Gasteiger partial charge in [-0.25, -0.2) is 0 Å². The monoisotopic (exact) mass is 295 g/mol. The zero-order valence-electron chi connectivity index (χ0n) is 13.1. The number of ether oxygens (including phenoxy) is 1. The molecule has 1 aliphatic carbocycles. The predicted octanol–water partition coefficient (Wildman–Crippen LogP) is 2.49. The van der Waals surface area contributed by atoms with Crippen LogP contribution in [0.2, 0.25) is 0 Å². The summed E-state index contributed by atoms with van der Waals surface area (Å²) >= 11 is 0. The van der Waals surface area contributed by atoms with Crippen molar-refractivity contribution in [1.82, 2.24) is 4.90 Å². The van der Waals surface area contributed by atoms with Gasteiger partial charge >= 0.3 is 0 Å². The van der Waals surface area contributed by atoms with E-state index in [2.05, 4.69) is 0 Å². The van der Waals surface area contributed by atoms with E-state index in [1.54, 1.807) is 0 Å². The van der Waals surface area contributed by atoms with Crippen molar-refractivity contribution < 1.29 is 14.6 Å². The number of carbonyl (C=O) groups excluding carboxylic acids is 1. The minimum Gasteiger partial charge on any atom is -0.389 e. The Morgan fingerprint density at radius 2 is 2.05 bits per heavy atom. The Labute approximate surface area is 127 Å². The van der Waals surface area contributed by atoms with E-state index in [1.165, 1.54) is 12.8 Å². The highest BCUT2D eigenvalue weighted by Gasteiger charge is 2.43. The van der Waals surface area contributed by atoms with Crippen LogP contribution in [0.15, 0.2) is 0 Å². The summed E-state index contributed by atoms with van der Waals surface area (Å²) in [5.74, 6) is 0.562. The number of rotatable bonds is 3. The van der Waals surface area contributed by atoms with Gasteiger partial charge in [0, 0.05) is 32.0 Å². The van der Waals surface area contributed by atoms with Crippen LogP contribution in [0.25, 0.3) is 0 Å². The van der Waals surface area contributed by atoms with Gasteiger partial charge < -0.3 is 14.7 Å². The molecule has 0 spiro atoms. The van der Waals surface area contributed by atoms with E-state index in [9.17, 15) is 9.90 Å². The lowest BCUT2D eigenvalue weighted by Gasteiger charge is -2.47. The normalized spacial score (nSPS) is 37.1. The van der Waals surface area contributed by atoms with E-state index >= 15 is 0 Å². The Morgan fingerprint density at radius 1 is 1.19 bits per heavy atom. The van der Waals surface area contributed by atoms with E-state index in [4.69, 9.17) is 4.74 Å². The zero-order chi connectivity index (χ0) is 14.7. The third kappa shape index (κ3) is 3.59. The first kappa shape index (κ1) is 15.3. The summed E-state index contributed by atoms with van der Waals surface area (Å²) in [6.45, 7) is 2.36. The van der Waals surface area contributed by atoms with Crippen molar-refractivity contribution in [3.8, 4) is 0 Å². The summed E-state index contributed by atoms with van der Waals surface area (Å²) in [5.41, 5.74) is -0.485. The molecule has 21 heavy (non-hydrogen) atoms. The first-order chi connectivity index (χ1) is 10.2. The van der Waals surface area contributed by atoms with Gasteiger partial charge in [0.05, 0.1) is 11.7 Å². The number of piperidine rings is 1. The molecular formula is C17H29NO3. The highest BCUT2D eigenvalue weighted by molar-refractivity contribution is 5.76. The number of amides is 1. The number of aliphatic hydroxyl groups is 1. The van der Waals surface area contributed by atoms with Crippen LogP contribution in [-0.4, -0.2) is 47.3 Å². The minimum atomic E-state index is -0.485. The molecule has 0 radical (unpaired) electrons. The average molecular weight is 295 g/mol. The highest BCUT2D eigenvalue weighted by atomic mass is 16.5. The van der Waals surface area contributed by atoms with Crippen molar-refractivity contribution in [2.24, 2.45) is 5.92 Å². The van der Waals surface area contributed by atoms with Crippen LogP contribution in [0.1, 0.15) is 64.2 Å². The average Bonchev–Trinajstić information content (AvgIpc) is 2.52. The number of likely N-dealkylation sites (tertiary alicyclic amines) is 1. The fraction of sp³-hybridized carbons (Fsp3) is 0.941. The lowest BCUT2D eigenvalue weighted by Crippen LogP contribution is -2.54. The van der Waals surface area contributed by atoms with Crippen molar-refractivity contribution in [1.29, 1.82) is 0 Å². The Morgan fingerprint density at radius 3 is 2.86 bits per heavy atom. The predicted molar refractivity (Wildman–Crippen MR) is 80.9 cm³/mol. The van der Waals surface area contributed by atoms with Crippen LogP contribution in [0.5, 0.6) is 0 Å². The SMILES string of the molecule is O=C(CCC1CCCCO1)N1CCC2(O)CCCCC2C1. The molecule has 1 saturated carbocycles. The van der Waals surface area contributed by atoms with Crippen molar-refractivity contribution in [3.05, 3.63) is 0 Å². The third-order valence-electron chi connectivity index (χ3n) is 5.73. The minimum absolute atomic E-state index is 0.261. The lowest BCUT2D eigenvalue weighted by molar-refractivity contribution is -0.144. The summed E-state index contributed by atoms with van der Waals surface area (Å²) in [6.07, 6.45) is 10.4. The summed E-state index contributed by atoms with van der Waals surface area (Å²) in [4.78, 5) is 14.4. The second-order valence-electron chi connectivity index (χ2n) is 7.16. The number of fused-ring (bicyclic) bond motifs is 1. The number of nitrogens with zero attached hydrogens (tertiary/aromatic N) is 1. The molecule has 1 amide bonds. The van der Waals surface area contributed by atoms with Crippen LogP contribution in [-0.2, 0) is 9.53 Å². The smallest absolute Gasteiger partial charge is 0.222 e. The van der Waals surface area contributed by atoms with Gasteiger partial charge in [-0.05, 0) is 44.9 Å². The first-order valence-corrected chi connectivity index (χ1v) is 8.79. The van der Waals surface area contributed by atoms with E-state index in [0.29, 0.717) is 18.4 Å². The van der Waals surface area contributed by atoms with E-state index in [1.807, 2.05) is 4.90 Å². The molecule has 1 N–H and O–H groups in total. The highest BCUT2D eigenvalue weighted by Crippen LogP contribution is 2.39. The summed E-state index contributed by atoms with van der Waals surface area (Å²) < 4.78 is 5.71. The maximum Gasteiger partial charge on any atom is 0.222 e. The maximum atomic E-state index is 12.4. The molecule has 3 rings (SSSR count). The van der Waals surface area contributed by atoms with Crippen molar-refractivity contribution in [3.63, 3.8) is 0 Å². The van der Waals surface area contributed by atoms with Gasteiger partial charge in [-0.2, -0.15) is 0 Å². The van der Waals surface area contributed by atoms with Gasteiger partial charge in [0.1, 0.15) is 0 Å². The van der Waals surface area contributed by atoms with Crippen LogP contribution in [0.4, 0.5) is 0 Å². The van der Waals surface area contributed by atoms with Crippen LogP contribution >= 0.6 is 0 Å². The number of carbonyl (C=O) groups is 1. The van der Waals surface area contributed by atoms with E-state index in [0.717, 1.165) is 64.6 Å². The molecule has 0 bridgehead atoms.